The van der Waals surface area contributed by atoms with Gasteiger partial charge < -0.3 is 4.90 Å². The van der Waals surface area contributed by atoms with Crippen molar-refractivity contribution in [1.29, 1.82) is 0 Å². The summed E-state index contributed by atoms with van der Waals surface area (Å²) in [6.07, 6.45) is 7.83. The first-order valence-corrected chi connectivity index (χ1v) is 8.69. The van der Waals surface area contributed by atoms with Crippen LogP contribution in [0.1, 0.15) is 39.0 Å². The first-order valence-electron chi connectivity index (χ1n) is 6.96. The lowest BCUT2D eigenvalue weighted by Crippen LogP contribution is -2.43. The summed E-state index contributed by atoms with van der Waals surface area (Å²) in [5.74, 6) is 1.52. The van der Waals surface area contributed by atoms with Gasteiger partial charge in [0.05, 0.1) is 12.2 Å². The fourth-order valence-electron chi connectivity index (χ4n) is 3.15. The highest BCUT2D eigenvalue weighted by atomic mass is 32.2. The third-order valence-electron chi connectivity index (χ3n) is 4.09. The zero-order chi connectivity index (χ0) is 13.1. The summed E-state index contributed by atoms with van der Waals surface area (Å²) in [5.41, 5.74) is 0. The topological polar surface area (TPSA) is 49.4 Å². The fraction of sp³-hybridized carbons (Fsp3) is 0.923. The molecule has 0 aromatic rings. The average molecular weight is 272 g/mol. The smallest absolute Gasteiger partial charge is 0.240 e. The highest BCUT2D eigenvalue weighted by Crippen LogP contribution is 2.31. The van der Waals surface area contributed by atoms with Gasteiger partial charge in [-0.1, -0.05) is 12.8 Å². The van der Waals surface area contributed by atoms with Crippen molar-refractivity contribution in [2.75, 3.05) is 18.6 Å². The summed E-state index contributed by atoms with van der Waals surface area (Å²) in [4.78, 5) is 14.1. The molecule has 1 aliphatic heterocycles. The van der Waals surface area contributed by atoms with Gasteiger partial charge in [-0.15, -0.1) is 0 Å². The summed E-state index contributed by atoms with van der Waals surface area (Å²) >= 11 is 0. The Kier molecular flexibility index (Phi) is 4.78. The molecule has 3 atom stereocenters. The van der Waals surface area contributed by atoms with Crippen LogP contribution in [0.3, 0.4) is 0 Å². The van der Waals surface area contributed by atoms with Gasteiger partial charge in [-0.3, -0.25) is 14.3 Å². The number of carbonyl (C=O) groups excluding carboxylic acids is 1. The van der Waals surface area contributed by atoms with Gasteiger partial charge in [0.25, 0.3) is 0 Å². The van der Waals surface area contributed by atoms with E-state index in [0.717, 1.165) is 13.0 Å². The molecule has 1 saturated carbocycles. The molecule has 2 aliphatic rings. The maximum atomic E-state index is 12.1. The van der Waals surface area contributed by atoms with Gasteiger partial charge in [0.2, 0.25) is 5.91 Å². The normalized spacial score (nSPS) is 31.2. The Morgan fingerprint density at radius 1 is 1.39 bits per heavy atom. The van der Waals surface area contributed by atoms with Crippen molar-refractivity contribution in [3.8, 4) is 0 Å². The molecule has 0 aromatic carbocycles. The van der Waals surface area contributed by atoms with Crippen LogP contribution in [-0.4, -0.2) is 45.8 Å². The quantitative estimate of drug-likeness (QED) is 0.815. The minimum Gasteiger partial charge on any atom is -0.325 e. The Bertz CT molecular complexity index is 329. The summed E-state index contributed by atoms with van der Waals surface area (Å²) < 4.78 is 11.1. The largest absolute Gasteiger partial charge is 0.325 e. The zero-order valence-electron chi connectivity index (χ0n) is 11.4. The van der Waals surface area contributed by atoms with E-state index in [9.17, 15) is 9.00 Å². The molecule has 0 radical (unpaired) electrons. The predicted molar refractivity (Wildman–Crippen MR) is 73.6 cm³/mol. The zero-order valence-corrected chi connectivity index (χ0v) is 12.2. The van der Waals surface area contributed by atoms with Gasteiger partial charge in [0.15, 0.2) is 0 Å². The van der Waals surface area contributed by atoms with Crippen molar-refractivity contribution in [3.05, 3.63) is 0 Å². The number of carbonyl (C=O) groups is 1. The molecule has 2 fully saturated rings. The molecule has 104 valence electrons. The number of nitrogens with zero attached hydrogens (tertiary/aromatic N) is 1. The van der Waals surface area contributed by atoms with E-state index in [1.807, 2.05) is 11.8 Å². The van der Waals surface area contributed by atoms with Gasteiger partial charge in [-0.05, 0) is 32.1 Å². The second-order valence-corrected chi connectivity index (χ2v) is 7.09. The predicted octanol–water partition coefficient (Wildman–Crippen LogP) is 1.09. The molecule has 4 nitrogen and oxygen atoms in total. The van der Waals surface area contributed by atoms with Crippen LogP contribution in [0.4, 0.5) is 0 Å². The number of amides is 1. The first-order chi connectivity index (χ1) is 8.59. The lowest BCUT2D eigenvalue weighted by atomic mass is 10.0. The van der Waals surface area contributed by atoms with E-state index in [1.54, 1.807) is 6.26 Å². The van der Waals surface area contributed by atoms with Crippen molar-refractivity contribution < 1.29 is 9.00 Å². The van der Waals surface area contributed by atoms with Crippen molar-refractivity contribution in [2.45, 2.75) is 51.2 Å². The summed E-state index contributed by atoms with van der Waals surface area (Å²) in [7, 11) is -0.757. The van der Waals surface area contributed by atoms with E-state index in [4.69, 9.17) is 0 Å². The van der Waals surface area contributed by atoms with E-state index in [1.165, 1.54) is 25.7 Å². The van der Waals surface area contributed by atoms with Crippen LogP contribution in [0, 0.1) is 5.92 Å². The Morgan fingerprint density at radius 3 is 2.67 bits per heavy atom. The third kappa shape index (κ3) is 3.12. The summed E-state index contributed by atoms with van der Waals surface area (Å²) in [5, 5.41) is 3.43. The molecule has 1 aliphatic carbocycles. The highest BCUT2D eigenvalue weighted by Gasteiger charge is 2.40. The van der Waals surface area contributed by atoms with Gasteiger partial charge >= 0.3 is 0 Å². The van der Waals surface area contributed by atoms with Gasteiger partial charge in [0, 0.05) is 29.4 Å². The lowest BCUT2D eigenvalue weighted by molar-refractivity contribution is -0.130. The molecule has 0 spiro atoms. The SMILES string of the molecule is CC1NC(C2CCCC2)N(CCCS(C)=O)C1=O. The number of nitrogens with one attached hydrogen (secondary N) is 1. The standard InChI is InChI=1S/C13H24N2O2S/c1-10-13(16)15(8-5-9-18(2)17)12(14-10)11-6-3-4-7-11/h10-12,14H,3-9H2,1-2H3. The summed E-state index contributed by atoms with van der Waals surface area (Å²) in [6, 6.07) is -0.0530. The van der Waals surface area contributed by atoms with Gasteiger partial charge in [-0.25, -0.2) is 0 Å². The van der Waals surface area contributed by atoms with Crippen LogP contribution in [0.15, 0.2) is 0 Å². The molecule has 0 aromatic heterocycles. The Balaban J connectivity index is 1.94. The Morgan fingerprint density at radius 2 is 2.06 bits per heavy atom. The van der Waals surface area contributed by atoms with E-state index in [2.05, 4.69) is 5.32 Å². The fourth-order valence-corrected chi connectivity index (χ4v) is 3.69. The van der Waals surface area contributed by atoms with Crippen LogP contribution in [0.25, 0.3) is 0 Å². The molecule has 1 N–H and O–H groups in total. The minimum atomic E-state index is -0.757. The van der Waals surface area contributed by atoms with Crippen LogP contribution in [0.2, 0.25) is 0 Å². The molecule has 3 unspecified atom stereocenters. The maximum absolute atomic E-state index is 12.1. The number of hydrogen-bond acceptors (Lipinski definition) is 3. The lowest BCUT2D eigenvalue weighted by Gasteiger charge is -2.29. The molecule has 1 heterocycles. The average Bonchev–Trinajstić information content (AvgIpc) is 2.91. The van der Waals surface area contributed by atoms with Gasteiger partial charge in [-0.2, -0.15) is 0 Å². The van der Waals surface area contributed by atoms with E-state index < -0.39 is 10.8 Å². The second kappa shape index (κ2) is 6.15. The highest BCUT2D eigenvalue weighted by molar-refractivity contribution is 7.84. The summed E-state index contributed by atoms with van der Waals surface area (Å²) in [6.45, 7) is 2.69. The van der Waals surface area contributed by atoms with Crippen molar-refractivity contribution in [2.24, 2.45) is 5.92 Å². The van der Waals surface area contributed by atoms with E-state index in [0.29, 0.717) is 11.7 Å². The second-order valence-electron chi connectivity index (χ2n) is 5.54. The van der Waals surface area contributed by atoms with Gasteiger partial charge in [0.1, 0.15) is 0 Å². The molecule has 0 bridgehead atoms. The Hall–Kier alpha value is -0.420. The number of rotatable bonds is 5. The van der Waals surface area contributed by atoms with Crippen LogP contribution in [-0.2, 0) is 15.6 Å². The molecule has 1 amide bonds. The van der Waals surface area contributed by atoms with Crippen LogP contribution in [0.5, 0.6) is 0 Å². The molecule has 1 saturated heterocycles. The molecular formula is C13H24N2O2S. The van der Waals surface area contributed by atoms with Crippen LogP contribution >= 0.6 is 0 Å². The molecule has 2 rings (SSSR count). The maximum Gasteiger partial charge on any atom is 0.240 e. The van der Waals surface area contributed by atoms with E-state index >= 15 is 0 Å². The minimum absolute atomic E-state index is 0.0530. The monoisotopic (exact) mass is 272 g/mol. The molecule has 18 heavy (non-hydrogen) atoms. The third-order valence-corrected chi connectivity index (χ3v) is 4.95. The molecule has 5 heteroatoms. The van der Waals surface area contributed by atoms with Crippen molar-refractivity contribution in [1.82, 2.24) is 10.2 Å². The Labute approximate surface area is 112 Å². The van der Waals surface area contributed by atoms with Crippen molar-refractivity contribution in [3.63, 3.8) is 0 Å². The van der Waals surface area contributed by atoms with E-state index in [-0.39, 0.29) is 18.1 Å². The first kappa shape index (κ1) is 14.0. The van der Waals surface area contributed by atoms with Crippen molar-refractivity contribution >= 4 is 16.7 Å². The van der Waals surface area contributed by atoms with Crippen LogP contribution < -0.4 is 5.32 Å². The number of hydrogen-bond donors (Lipinski definition) is 1. The molecular weight excluding hydrogens is 248 g/mol.